The summed E-state index contributed by atoms with van der Waals surface area (Å²) in [6.07, 6.45) is 0. The highest BCUT2D eigenvalue weighted by atomic mass is 16.3. The first-order chi connectivity index (χ1) is 8.72. The number of amides is 1. The molecule has 1 aromatic rings. The van der Waals surface area contributed by atoms with Gasteiger partial charge in [-0.1, -0.05) is 30.3 Å². The van der Waals surface area contributed by atoms with E-state index in [0.717, 1.165) is 13.1 Å². The minimum atomic E-state index is -0.845. The predicted molar refractivity (Wildman–Crippen MR) is 69.0 cm³/mol. The zero-order valence-electron chi connectivity index (χ0n) is 10.2. The molecular formula is C13H19N3O2. The number of aliphatic hydroxyl groups is 1. The van der Waals surface area contributed by atoms with E-state index in [1.165, 1.54) is 5.56 Å². The number of rotatable bonds is 4. The van der Waals surface area contributed by atoms with Crippen LogP contribution in [0.2, 0.25) is 0 Å². The van der Waals surface area contributed by atoms with Crippen molar-refractivity contribution in [1.82, 2.24) is 10.6 Å². The molecule has 5 nitrogen and oxygen atoms in total. The first kappa shape index (κ1) is 13.0. The number of hydrogen-bond donors (Lipinski definition) is 4. The SMILES string of the molecule is N[C@H](CO)C(=O)NC1CNCC1c1ccccc1. The van der Waals surface area contributed by atoms with E-state index < -0.39 is 6.04 Å². The van der Waals surface area contributed by atoms with Crippen molar-refractivity contribution >= 4 is 5.91 Å². The fraction of sp³-hybridized carbons (Fsp3) is 0.462. The van der Waals surface area contributed by atoms with Crippen molar-refractivity contribution in [2.45, 2.75) is 18.0 Å². The van der Waals surface area contributed by atoms with Gasteiger partial charge in [-0.25, -0.2) is 0 Å². The summed E-state index contributed by atoms with van der Waals surface area (Å²) in [5.41, 5.74) is 6.70. The molecule has 0 aliphatic carbocycles. The smallest absolute Gasteiger partial charge is 0.239 e. The number of nitrogens with one attached hydrogen (secondary N) is 2. The lowest BCUT2D eigenvalue weighted by atomic mass is 9.94. The summed E-state index contributed by atoms with van der Waals surface area (Å²) in [6, 6.07) is 9.25. The zero-order valence-corrected chi connectivity index (χ0v) is 10.2. The summed E-state index contributed by atoms with van der Waals surface area (Å²) in [7, 11) is 0. The van der Waals surface area contributed by atoms with Gasteiger partial charge in [0, 0.05) is 25.0 Å². The molecule has 1 saturated heterocycles. The largest absolute Gasteiger partial charge is 0.394 e. The van der Waals surface area contributed by atoms with Gasteiger partial charge < -0.3 is 21.5 Å². The standard InChI is InChI=1S/C13H19N3O2/c14-11(8-17)13(18)16-12-7-15-6-10(12)9-4-2-1-3-5-9/h1-5,10-12,15,17H,6-8,14H2,(H,16,18)/t10?,11-,12?/m1/s1. The van der Waals surface area contributed by atoms with Crippen LogP contribution in [-0.4, -0.2) is 42.8 Å². The molecule has 0 radical (unpaired) electrons. The highest BCUT2D eigenvalue weighted by Gasteiger charge is 2.30. The molecule has 1 amide bonds. The van der Waals surface area contributed by atoms with Gasteiger partial charge in [-0.15, -0.1) is 0 Å². The van der Waals surface area contributed by atoms with Crippen LogP contribution in [0.5, 0.6) is 0 Å². The van der Waals surface area contributed by atoms with Crippen LogP contribution in [0.15, 0.2) is 30.3 Å². The van der Waals surface area contributed by atoms with Gasteiger partial charge in [-0.3, -0.25) is 4.79 Å². The Labute approximate surface area is 106 Å². The first-order valence-electron chi connectivity index (χ1n) is 6.15. The van der Waals surface area contributed by atoms with Gasteiger partial charge in [0.2, 0.25) is 5.91 Å². The lowest BCUT2D eigenvalue weighted by Gasteiger charge is -2.21. The van der Waals surface area contributed by atoms with Crippen LogP contribution < -0.4 is 16.4 Å². The van der Waals surface area contributed by atoms with Gasteiger partial charge in [-0.2, -0.15) is 0 Å². The van der Waals surface area contributed by atoms with E-state index in [1.54, 1.807) is 0 Å². The molecule has 0 aromatic heterocycles. The van der Waals surface area contributed by atoms with E-state index in [1.807, 2.05) is 18.2 Å². The van der Waals surface area contributed by atoms with Crippen molar-refractivity contribution in [3.05, 3.63) is 35.9 Å². The molecule has 1 aliphatic heterocycles. The predicted octanol–water partition coefficient (Wildman–Crippen LogP) is -0.822. The van der Waals surface area contributed by atoms with Crippen LogP contribution >= 0.6 is 0 Å². The summed E-state index contributed by atoms with van der Waals surface area (Å²) in [5, 5.41) is 15.0. The first-order valence-corrected chi connectivity index (χ1v) is 6.15. The number of hydrogen-bond acceptors (Lipinski definition) is 4. The van der Waals surface area contributed by atoms with Gasteiger partial charge in [0.25, 0.3) is 0 Å². The van der Waals surface area contributed by atoms with E-state index in [0.29, 0.717) is 0 Å². The molecular weight excluding hydrogens is 230 g/mol. The molecule has 0 spiro atoms. The van der Waals surface area contributed by atoms with Gasteiger partial charge in [-0.05, 0) is 5.56 Å². The second-order valence-electron chi connectivity index (χ2n) is 4.58. The number of nitrogens with two attached hydrogens (primary N) is 1. The third-order valence-corrected chi connectivity index (χ3v) is 3.30. The van der Waals surface area contributed by atoms with E-state index in [4.69, 9.17) is 10.8 Å². The topological polar surface area (TPSA) is 87.4 Å². The van der Waals surface area contributed by atoms with Crippen molar-refractivity contribution in [3.63, 3.8) is 0 Å². The molecule has 1 fully saturated rings. The molecule has 2 unspecified atom stereocenters. The lowest BCUT2D eigenvalue weighted by Crippen LogP contribution is -2.49. The highest BCUT2D eigenvalue weighted by molar-refractivity contribution is 5.82. The fourth-order valence-electron chi connectivity index (χ4n) is 2.25. The molecule has 18 heavy (non-hydrogen) atoms. The van der Waals surface area contributed by atoms with Gasteiger partial charge in [0.1, 0.15) is 6.04 Å². The normalized spacial score (nSPS) is 24.8. The monoisotopic (exact) mass is 249 g/mol. The zero-order chi connectivity index (χ0) is 13.0. The molecule has 5 heteroatoms. The highest BCUT2D eigenvalue weighted by Crippen LogP contribution is 2.22. The maximum absolute atomic E-state index is 11.7. The minimum absolute atomic E-state index is 0.0255. The average molecular weight is 249 g/mol. The maximum atomic E-state index is 11.7. The Balaban J connectivity index is 2.02. The molecule has 98 valence electrons. The fourth-order valence-corrected chi connectivity index (χ4v) is 2.25. The third-order valence-electron chi connectivity index (χ3n) is 3.30. The molecule has 0 saturated carbocycles. The Hall–Kier alpha value is -1.43. The summed E-state index contributed by atoms with van der Waals surface area (Å²) >= 11 is 0. The van der Waals surface area contributed by atoms with Gasteiger partial charge >= 0.3 is 0 Å². The molecule has 3 atom stereocenters. The van der Waals surface area contributed by atoms with Gasteiger partial charge in [0.15, 0.2) is 0 Å². The molecule has 1 aromatic carbocycles. The van der Waals surface area contributed by atoms with Crippen molar-refractivity contribution in [1.29, 1.82) is 0 Å². The number of benzene rings is 1. The lowest BCUT2D eigenvalue weighted by molar-refractivity contribution is -0.123. The molecule has 1 aliphatic rings. The second-order valence-corrected chi connectivity index (χ2v) is 4.58. The summed E-state index contributed by atoms with van der Waals surface area (Å²) < 4.78 is 0. The number of aliphatic hydroxyl groups excluding tert-OH is 1. The van der Waals surface area contributed by atoms with E-state index in [2.05, 4.69) is 22.8 Å². The van der Waals surface area contributed by atoms with Crippen LogP contribution in [0.4, 0.5) is 0 Å². The Morgan fingerprint density at radius 2 is 2.17 bits per heavy atom. The van der Waals surface area contributed by atoms with Crippen molar-refractivity contribution in [2.75, 3.05) is 19.7 Å². The van der Waals surface area contributed by atoms with Crippen molar-refractivity contribution in [2.24, 2.45) is 5.73 Å². The van der Waals surface area contributed by atoms with Gasteiger partial charge in [0.05, 0.1) is 6.61 Å². The average Bonchev–Trinajstić information content (AvgIpc) is 2.86. The van der Waals surface area contributed by atoms with Crippen LogP contribution in [0.25, 0.3) is 0 Å². The van der Waals surface area contributed by atoms with Crippen molar-refractivity contribution in [3.8, 4) is 0 Å². The molecule has 0 bridgehead atoms. The van der Waals surface area contributed by atoms with Crippen LogP contribution in [-0.2, 0) is 4.79 Å². The van der Waals surface area contributed by atoms with E-state index in [-0.39, 0.29) is 24.5 Å². The summed E-state index contributed by atoms with van der Waals surface area (Å²) in [6.45, 7) is 1.23. The third kappa shape index (κ3) is 2.87. The quantitative estimate of drug-likeness (QED) is 0.561. The maximum Gasteiger partial charge on any atom is 0.239 e. The number of carbonyl (C=O) groups is 1. The Bertz CT molecular complexity index is 396. The van der Waals surface area contributed by atoms with Crippen LogP contribution in [0.1, 0.15) is 11.5 Å². The minimum Gasteiger partial charge on any atom is -0.394 e. The second kappa shape index (κ2) is 5.95. The van der Waals surface area contributed by atoms with Crippen LogP contribution in [0, 0.1) is 0 Å². The number of carbonyl (C=O) groups excluding carboxylic acids is 1. The molecule has 5 N–H and O–H groups in total. The molecule has 2 rings (SSSR count). The Morgan fingerprint density at radius 1 is 1.44 bits per heavy atom. The van der Waals surface area contributed by atoms with Crippen LogP contribution in [0.3, 0.4) is 0 Å². The Kier molecular flexibility index (Phi) is 4.30. The summed E-state index contributed by atoms with van der Waals surface area (Å²) in [4.78, 5) is 11.7. The Morgan fingerprint density at radius 3 is 2.83 bits per heavy atom. The van der Waals surface area contributed by atoms with E-state index in [9.17, 15) is 4.79 Å². The molecule has 1 heterocycles. The van der Waals surface area contributed by atoms with Crippen molar-refractivity contribution < 1.29 is 9.90 Å². The van der Waals surface area contributed by atoms with E-state index >= 15 is 0 Å². The summed E-state index contributed by atoms with van der Waals surface area (Å²) in [5.74, 6) is -0.0480.